The highest BCUT2D eigenvalue weighted by molar-refractivity contribution is 7.80. The molecule has 2 rings (SSSR count). The molecule has 0 fully saturated rings. The lowest BCUT2D eigenvalue weighted by molar-refractivity contribution is 0.100. The molecule has 0 spiro atoms. The van der Waals surface area contributed by atoms with Crippen LogP contribution < -0.4 is 0 Å². The lowest BCUT2D eigenvalue weighted by Gasteiger charge is -2.03. The first-order valence-electron chi connectivity index (χ1n) is 5.44. The van der Waals surface area contributed by atoms with Gasteiger partial charge in [0.25, 0.3) is 0 Å². The topological polar surface area (TPSA) is 17.1 Å². The molecular formula is C15H12OS. The minimum Gasteiger partial charge on any atom is -0.294 e. The van der Waals surface area contributed by atoms with Crippen LogP contribution in [0.3, 0.4) is 0 Å². The van der Waals surface area contributed by atoms with Gasteiger partial charge >= 0.3 is 0 Å². The van der Waals surface area contributed by atoms with Gasteiger partial charge in [0.2, 0.25) is 0 Å². The van der Waals surface area contributed by atoms with Gasteiger partial charge in [-0.25, -0.2) is 0 Å². The van der Waals surface area contributed by atoms with E-state index >= 15 is 0 Å². The Morgan fingerprint density at radius 1 is 0.824 bits per heavy atom. The molecule has 0 radical (unpaired) electrons. The smallest absolute Gasteiger partial charge is 0.168 e. The molecule has 0 atom stereocenters. The van der Waals surface area contributed by atoms with Crippen molar-refractivity contribution in [2.24, 2.45) is 0 Å². The predicted octanol–water partition coefficient (Wildman–Crippen LogP) is 3.68. The molecule has 0 aliphatic rings. The van der Waals surface area contributed by atoms with Crippen molar-refractivity contribution in [3.05, 3.63) is 71.8 Å². The summed E-state index contributed by atoms with van der Waals surface area (Å²) in [6, 6.07) is 18.9. The standard InChI is InChI=1S/C15H12OS/c16-14(12-7-3-1-4-8-12)11-15(17)13-9-5-2-6-10-13/h1-10H,11H2. The Morgan fingerprint density at radius 2 is 1.29 bits per heavy atom. The minimum atomic E-state index is 0.0689. The maximum atomic E-state index is 11.9. The van der Waals surface area contributed by atoms with Gasteiger partial charge in [0.1, 0.15) is 0 Å². The zero-order valence-corrected chi connectivity index (χ0v) is 10.1. The first kappa shape index (κ1) is 11.7. The van der Waals surface area contributed by atoms with Gasteiger partial charge in [-0.05, 0) is 5.56 Å². The van der Waals surface area contributed by atoms with Crippen LogP contribution in [-0.2, 0) is 0 Å². The lowest BCUT2D eigenvalue weighted by atomic mass is 10.0. The van der Waals surface area contributed by atoms with Crippen molar-refractivity contribution in [2.75, 3.05) is 0 Å². The molecule has 2 aromatic carbocycles. The Hall–Kier alpha value is -1.80. The second-order valence-electron chi connectivity index (χ2n) is 3.76. The number of carbonyl (C=O) groups excluding carboxylic acids is 1. The monoisotopic (exact) mass is 240 g/mol. The molecular weight excluding hydrogens is 228 g/mol. The van der Waals surface area contributed by atoms with Gasteiger partial charge in [-0.2, -0.15) is 0 Å². The van der Waals surface area contributed by atoms with E-state index in [0.29, 0.717) is 16.8 Å². The third-order valence-electron chi connectivity index (χ3n) is 2.51. The van der Waals surface area contributed by atoms with Crippen LogP contribution in [-0.4, -0.2) is 10.6 Å². The lowest BCUT2D eigenvalue weighted by Crippen LogP contribution is -2.07. The summed E-state index contributed by atoms with van der Waals surface area (Å²) in [6.07, 6.45) is 0.295. The normalized spacial score (nSPS) is 9.88. The van der Waals surface area contributed by atoms with Crippen molar-refractivity contribution in [3.63, 3.8) is 0 Å². The van der Waals surface area contributed by atoms with Crippen LogP contribution in [0.2, 0.25) is 0 Å². The van der Waals surface area contributed by atoms with Crippen LogP contribution in [0.15, 0.2) is 60.7 Å². The van der Waals surface area contributed by atoms with Crippen molar-refractivity contribution in [3.8, 4) is 0 Å². The van der Waals surface area contributed by atoms with Crippen molar-refractivity contribution in [1.82, 2.24) is 0 Å². The van der Waals surface area contributed by atoms with Crippen molar-refractivity contribution in [1.29, 1.82) is 0 Å². The molecule has 0 aliphatic carbocycles. The van der Waals surface area contributed by atoms with E-state index < -0.39 is 0 Å². The summed E-state index contributed by atoms with van der Waals surface area (Å²) in [5.41, 5.74) is 1.66. The molecule has 2 aromatic rings. The molecule has 0 heterocycles. The Kier molecular flexibility index (Phi) is 3.78. The van der Waals surface area contributed by atoms with Crippen molar-refractivity contribution < 1.29 is 4.79 Å². The van der Waals surface area contributed by atoms with E-state index in [1.165, 1.54) is 0 Å². The highest BCUT2D eigenvalue weighted by atomic mass is 32.1. The van der Waals surface area contributed by atoms with E-state index in [2.05, 4.69) is 0 Å². The molecule has 2 heteroatoms. The van der Waals surface area contributed by atoms with E-state index in [-0.39, 0.29) is 5.78 Å². The van der Waals surface area contributed by atoms with E-state index in [1.807, 2.05) is 60.7 Å². The highest BCUT2D eigenvalue weighted by Crippen LogP contribution is 2.09. The van der Waals surface area contributed by atoms with Crippen LogP contribution in [0.1, 0.15) is 22.3 Å². The second kappa shape index (κ2) is 5.51. The first-order valence-corrected chi connectivity index (χ1v) is 5.84. The SMILES string of the molecule is O=C(CC(=S)c1ccccc1)c1ccccc1. The van der Waals surface area contributed by atoms with Crippen molar-refractivity contribution >= 4 is 22.9 Å². The quantitative estimate of drug-likeness (QED) is 0.599. The Morgan fingerprint density at radius 3 is 1.82 bits per heavy atom. The number of thiocarbonyl (C=S) groups is 1. The van der Waals surface area contributed by atoms with Crippen LogP contribution in [0, 0.1) is 0 Å². The molecule has 0 saturated carbocycles. The molecule has 0 unspecified atom stereocenters. The fraction of sp³-hybridized carbons (Fsp3) is 0.0667. The van der Waals surface area contributed by atoms with E-state index in [1.54, 1.807) is 0 Å². The average Bonchev–Trinajstić information content (AvgIpc) is 2.40. The maximum Gasteiger partial charge on any atom is 0.168 e. The largest absolute Gasteiger partial charge is 0.294 e. The Bertz CT molecular complexity index is 468. The molecule has 0 amide bonds. The first-order chi connectivity index (χ1) is 8.27. The van der Waals surface area contributed by atoms with Gasteiger partial charge < -0.3 is 0 Å². The Balaban J connectivity index is 2.08. The average molecular weight is 240 g/mol. The molecule has 0 saturated heterocycles. The molecule has 0 aromatic heterocycles. The summed E-state index contributed by atoms with van der Waals surface area (Å²) in [7, 11) is 0. The summed E-state index contributed by atoms with van der Waals surface area (Å²) in [5, 5.41) is 0. The van der Waals surface area contributed by atoms with Crippen LogP contribution in [0.5, 0.6) is 0 Å². The Labute approximate surface area is 106 Å². The maximum absolute atomic E-state index is 11.9. The number of hydrogen-bond donors (Lipinski definition) is 0. The zero-order chi connectivity index (χ0) is 12.1. The zero-order valence-electron chi connectivity index (χ0n) is 9.30. The molecule has 0 bridgehead atoms. The summed E-state index contributed by atoms with van der Waals surface area (Å²) >= 11 is 5.28. The van der Waals surface area contributed by atoms with Crippen LogP contribution in [0.25, 0.3) is 0 Å². The number of rotatable bonds is 4. The summed E-state index contributed by atoms with van der Waals surface area (Å²) in [4.78, 5) is 12.6. The molecule has 0 N–H and O–H groups in total. The van der Waals surface area contributed by atoms with E-state index in [9.17, 15) is 4.79 Å². The van der Waals surface area contributed by atoms with E-state index in [4.69, 9.17) is 12.2 Å². The van der Waals surface area contributed by atoms with E-state index in [0.717, 1.165) is 5.56 Å². The third-order valence-corrected chi connectivity index (χ3v) is 2.89. The minimum absolute atomic E-state index is 0.0689. The number of hydrogen-bond acceptors (Lipinski definition) is 2. The van der Waals surface area contributed by atoms with Crippen molar-refractivity contribution in [2.45, 2.75) is 6.42 Å². The summed E-state index contributed by atoms with van der Waals surface area (Å²) < 4.78 is 0. The molecule has 84 valence electrons. The number of Topliss-reactive ketones (excluding diaryl/α,β-unsaturated/α-hetero) is 1. The predicted molar refractivity (Wildman–Crippen MR) is 73.5 cm³/mol. The van der Waals surface area contributed by atoms with Gasteiger partial charge in [-0.3, -0.25) is 4.79 Å². The molecule has 1 nitrogen and oxygen atoms in total. The van der Waals surface area contributed by atoms with Gasteiger partial charge in [0.15, 0.2) is 5.78 Å². The fourth-order valence-electron chi connectivity index (χ4n) is 1.60. The van der Waals surface area contributed by atoms with Gasteiger partial charge in [0.05, 0.1) is 0 Å². The number of ketones is 1. The summed E-state index contributed by atoms with van der Waals surface area (Å²) in [5.74, 6) is 0.0689. The molecule has 17 heavy (non-hydrogen) atoms. The fourth-order valence-corrected chi connectivity index (χ4v) is 1.87. The molecule has 0 aliphatic heterocycles. The second-order valence-corrected chi connectivity index (χ2v) is 4.25. The van der Waals surface area contributed by atoms with Gasteiger partial charge in [-0.15, -0.1) is 0 Å². The van der Waals surface area contributed by atoms with Crippen LogP contribution in [0.4, 0.5) is 0 Å². The highest BCUT2D eigenvalue weighted by Gasteiger charge is 2.09. The summed E-state index contributed by atoms with van der Waals surface area (Å²) in [6.45, 7) is 0. The van der Waals surface area contributed by atoms with Crippen LogP contribution >= 0.6 is 12.2 Å². The van der Waals surface area contributed by atoms with Gasteiger partial charge in [-0.1, -0.05) is 72.9 Å². The third kappa shape index (κ3) is 3.08. The van der Waals surface area contributed by atoms with Gasteiger partial charge in [0, 0.05) is 16.8 Å². The number of carbonyl (C=O) groups is 1. The number of benzene rings is 2.